The fourth-order valence-electron chi connectivity index (χ4n) is 2.11. The summed E-state index contributed by atoms with van der Waals surface area (Å²) in [6.45, 7) is 7.84. The minimum Gasteiger partial charge on any atom is -0.399 e. The van der Waals surface area contributed by atoms with Gasteiger partial charge in [-0.05, 0) is 51.4 Å². The Morgan fingerprint density at radius 2 is 1.76 bits per heavy atom. The van der Waals surface area contributed by atoms with Crippen LogP contribution >= 0.6 is 0 Å². The molecule has 0 aliphatic carbocycles. The molecule has 110 valence electrons. The Morgan fingerprint density at radius 3 is 2.24 bits per heavy atom. The van der Waals surface area contributed by atoms with Gasteiger partial charge in [0.2, 0.25) is 0 Å². The highest BCUT2D eigenvalue weighted by Crippen LogP contribution is 2.36. The van der Waals surface area contributed by atoms with Gasteiger partial charge >= 0.3 is 7.12 Å². The highest BCUT2D eigenvalue weighted by molar-refractivity contribution is 6.62. The number of carbonyl (C=O) groups is 1. The molecule has 0 bridgehead atoms. The molecule has 2 rings (SSSR count). The molecule has 1 saturated heterocycles. The zero-order valence-corrected chi connectivity index (χ0v) is 13.0. The van der Waals surface area contributed by atoms with Gasteiger partial charge in [-0.3, -0.25) is 4.79 Å². The first kappa shape index (κ1) is 15.6. The fraction of sp³-hybridized carbons (Fsp3) is 0.467. The van der Waals surface area contributed by atoms with Gasteiger partial charge in [-0.2, -0.15) is 5.26 Å². The first-order valence-electron chi connectivity index (χ1n) is 6.83. The van der Waals surface area contributed by atoms with Crippen molar-refractivity contribution in [1.29, 1.82) is 5.26 Å². The van der Waals surface area contributed by atoms with E-state index in [0.29, 0.717) is 16.6 Å². The topological polar surface area (TPSA) is 71.4 Å². The maximum absolute atomic E-state index is 11.8. The second-order valence-corrected chi connectivity index (χ2v) is 6.12. The Balaban J connectivity index is 2.42. The van der Waals surface area contributed by atoms with E-state index >= 15 is 0 Å². The SMILES string of the molecule is CNC(=O)c1cc(C#N)cc(B2OC(C)(C)C(C)(C)O2)c1. The normalized spacial score (nSPS) is 19.1. The van der Waals surface area contributed by atoms with Crippen LogP contribution in [0.3, 0.4) is 0 Å². The van der Waals surface area contributed by atoms with Crippen molar-refractivity contribution in [2.45, 2.75) is 38.9 Å². The van der Waals surface area contributed by atoms with Gasteiger partial charge in [-0.25, -0.2) is 0 Å². The van der Waals surface area contributed by atoms with Crippen LogP contribution in [0.25, 0.3) is 0 Å². The van der Waals surface area contributed by atoms with Crippen LogP contribution < -0.4 is 10.8 Å². The van der Waals surface area contributed by atoms with Crippen LogP contribution in [0.5, 0.6) is 0 Å². The van der Waals surface area contributed by atoms with E-state index in [9.17, 15) is 4.79 Å². The van der Waals surface area contributed by atoms with Crippen LogP contribution in [-0.2, 0) is 9.31 Å². The van der Waals surface area contributed by atoms with E-state index in [4.69, 9.17) is 14.6 Å². The molecular formula is C15H19BN2O3. The molecule has 0 spiro atoms. The van der Waals surface area contributed by atoms with E-state index in [2.05, 4.69) is 11.4 Å². The molecule has 21 heavy (non-hydrogen) atoms. The van der Waals surface area contributed by atoms with Gasteiger partial charge in [-0.1, -0.05) is 0 Å². The van der Waals surface area contributed by atoms with Gasteiger partial charge < -0.3 is 14.6 Å². The lowest BCUT2D eigenvalue weighted by Gasteiger charge is -2.32. The lowest BCUT2D eigenvalue weighted by Crippen LogP contribution is -2.41. The van der Waals surface area contributed by atoms with Gasteiger partial charge in [0.1, 0.15) is 0 Å². The summed E-state index contributed by atoms with van der Waals surface area (Å²) in [5, 5.41) is 11.7. The number of hydrogen-bond donors (Lipinski definition) is 1. The molecule has 1 aromatic carbocycles. The van der Waals surface area contributed by atoms with Gasteiger partial charge in [0.25, 0.3) is 5.91 Å². The van der Waals surface area contributed by atoms with E-state index in [-0.39, 0.29) is 5.91 Å². The van der Waals surface area contributed by atoms with Crippen LogP contribution in [0.2, 0.25) is 0 Å². The molecule has 1 fully saturated rings. The Hall–Kier alpha value is -1.84. The monoisotopic (exact) mass is 286 g/mol. The number of nitrogens with zero attached hydrogens (tertiary/aromatic N) is 1. The quantitative estimate of drug-likeness (QED) is 0.830. The third-order valence-electron chi connectivity index (χ3n) is 4.10. The first-order chi connectivity index (χ1) is 9.70. The molecule has 1 N–H and O–H groups in total. The van der Waals surface area contributed by atoms with Crippen molar-refractivity contribution in [2.75, 3.05) is 7.05 Å². The first-order valence-corrected chi connectivity index (χ1v) is 6.83. The Kier molecular flexibility index (Phi) is 3.83. The zero-order valence-electron chi connectivity index (χ0n) is 13.0. The van der Waals surface area contributed by atoms with Crippen LogP contribution in [0.15, 0.2) is 18.2 Å². The number of amides is 1. The molecule has 0 atom stereocenters. The molecule has 0 radical (unpaired) electrons. The van der Waals surface area contributed by atoms with Crippen LogP contribution in [0.1, 0.15) is 43.6 Å². The van der Waals surface area contributed by atoms with Crippen molar-refractivity contribution < 1.29 is 14.1 Å². The molecular weight excluding hydrogens is 267 g/mol. The van der Waals surface area contributed by atoms with Crippen molar-refractivity contribution >= 4 is 18.5 Å². The lowest BCUT2D eigenvalue weighted by atomic mass is 9.77. The summed E-state index contributed by atoms with van der Waals surface area (Å²) in [6, 6.07) is 7.00. The van der Waals surface area contributed by atoms with Crippen LogP contribution in [-0.4, -0.2) is 31.3 Å². The van der Waals surface area contributed by atoms with Gasteiger partial charge in [0, 0.05) is 12.6 Å². The van der Waals surface area contributed by atoms with Crippen LogP contribution in [0, 0.1) is 11.3 Å². The molecule has 1 aliphatic rings. The zero-order chi connectivity index (χ0) is 15.8. The van der Waals surface area contributed by atoms with E-state index in [1.807, 2.05) is 27.7 Å². The maximum Gasteiger partial charge on any atom is 0.494 e. The van der Waals surface area contributed by atoms with E-state index in [0.717, 1.165) is 0 Å². The van der Waals surface area contributed by atoms with E-state index in [1.165, 1.54) is 0 Å². The van der Waals surface area contributed by atoms with Crippen molar-refractivity contribution in [2.24, 2.45) is 0 Å². The minimum atomic E-state index is -0.591. The highest BCUT2D eigenvalue weighted by Gasteiger charge is 2.51. The Morgan fingerprint density at radius 1 is 1.19 bits per heavy atom. The molecule has 1 aromatic rings. The largest absolute Gasteiger partial charge is 0.494 e. The molecule has 1 aliphatic heterocycles. The average Bonchev–Trinajstić information content (AvgIpc) is 2.66. The Bertz CT molecular complexity index is 604. The number of nitriles is 1. The standard InChI is InChI=1S/C15H19BN2O3/c1-14(2)15(3,4)21-16(20-14)12-7-10(9-17)6-11(8-12)13(19)18-5/h6-8H,1-5H3,(H,18,19). The maximum atomic E-state index is 11.8. The molecule has 0 saturated carbocycles. The van der Waals surface area contributed by atoms with Crippen molar-refractivity contribution in [3.8, 4) is 6.07 Å². The second-order valence-electron chi connectivity index (χ2n) is 6.12. The predicted molar refractivity (Wildman–Crippen MR) is 80.3 cm³/mol. The van der Waals surface area contributed by atoms with Gasteiger partial charge in [0.15, 0.2) is 0 Å². The molecule has 5 nitrogen and oxygen atoms in total. The summed E-state index contributed by atoms with van der Waals surface area (Å²) in [7, 11) is 0.960. The summed E-state index contributed by atoms with van der Waals surface area (Å²) in [6.07, 6.45) is 0. The average molecular weight is 286 g/mol. The fourth-order valence-corrected chi connectivity index (χ4v) is 2.11. The summed E-state index contributed by atoms with van der Waals surface area (Å²) in [5.41, 5.74) is 0.564. The third kappa shape index (κ3) is 2.80. The number of rotatable bonds is 2. The molecule has 1 amide bonds. The third-order valence-corrected chi connectivity index (χ3v) is 4.10. The van der Waals surface area contributed by atoms with Crippen molar-refractivity contribution in [1.82, 2.24) is 5.32 Å². The van der Waals surface area contributed by atoms with Crippen molar-refractivity contribution in [3.63, 3.8) is 0 Å². The number of carbonyl (C=O) groups excluding carboxylic acids is 1. The molecule has 6 heteroatoms. The van der Waals surface area contributed by atoms with Gasteiger partial charge in [0.05, 0.1) is 22.8 Å². The second kappa shape index (κ2) is 5.17. The smallest absolute Gasteiger partial charge is 0.399 e. The minimum absolute atomic E-state index is 0.245. The number of nitrogens with one attached hydrogen (secondary N) is 1. The number of hydrogen-bond acceptors (Lipinski definition) is 4. The number of benzene rings is 1. The summed E-state index contributed by atoms with van der Waals surface area (Å²) >= 11 is 0. The van der Waals surface area contributed by atoms with Gasteiger partial charge in [-0.15, -0.1) is 0 Å². The lowest BCUT2D eigenvalue weighted by molar-refractivity contribution is 0.00578. The molecule has 0 aromatic heterocycles. The van der Waals surface area contributed by atoms with E-state index < -0.39 is 18.3 Å². The predicted octanol–water partition coefficient (Wildman–Crippen LogP) is 1.22. The highest BCUT2D eigenvalue weighted by atomic mass is 16.7. The Labute approximate surface area is 125 Å². The molecule has 1 heterocycles. The van der Waals surface area contributed by atoms with Crippen molar-refractivity contribution in [3.05, 3.63) is 29.3 Å². The summed E-state index contributed by atoms with van der Waals surface area (Å²) in [4.78, 5) is 11.8. The summed E-state index contributed by atoms with van der Waals surface area (Å²) in [5.74, 6) is -0.245. The summed E-state index contributed by atoms with van der Waals surface area (Å²) < 4.78 is 11.9. The van der Waals surface area contributed by atoms with Crippen LogP contribution in [0.4, 0.5) is 0 Å². The van der Waals surface area contributed by atoms with E-state index in [1.54, 1.807) is 25.2 Å². The molecule has 0 unspecified atom stereocenters.